The van der Waals surface area contributed by atoms with Crippen LogP contribution >= 0.6 is 48.2 Å². The van der Waals surface area contributed by atoms with Crippen molar-refractivity contribution in [3.63, 3.8) is 0 Å². The third kappa shape index (κ3) is 24.4. The average molecular weight is 2640 g/mol. The molecule has 0 spiro atoms. The molecule has 12 bridgehead atoms. The quantitative estimate of drug-likeness (QED) is 0.0252. The molecule has 12 saturated heterocycles. The summed E-state index contributed by atoms with van der Waals surface area (Å²) in [5.74, 6) is -2.44. The molecule has 58 nitrogen and oxygen atoms in total. The first-order valence-electron chi connectivity index (χ1n) is 42.9. The van der Waals surface area contributed by atoms with Gasteiger partial charge in [-0.1, -0.05) is 0 Å². The van der Waals surface area contributed by atoms with Gasteiger partial charge in [-0.25, -0.2) is 29.1 Å². The van der Waals surface area contributed by atoms with Crippen molar-refractivity contribution in [2.24, 2.45) is 0 Å². The number of anilines is 2. The molecule has 8 aromatic heterocycles. The number of ether oxygens (including phenoxy) is 12. The second kappa shape index (κ2) is 50.9. The van der Waals surface area contributed by atoms with Crippen LogP contribution in [0.15, 0.2) is 97.5 Å². The van der Waals surface area contributed by atoms with Gasteiger partial charge in [-0.3, -0.25) is 113 Å². The van der Waals surface area contributed by atoms with Crippen LogP contribution in [0.5, 0.6) is 0 Å². The molecule has 12 fully saturated rings. The first kappa shape index (κ1) is 127. The zero-order chi connectivity index (χ0) is 102. The molecule has 0 saturated carbocycles. The molecule has 146 heavy (non-hydrogen) atoms. The number of aromatic nitrogens is 16. The van der Waals surface area contributed by atoms with E-state index in [1.807, 2.05) is 9.97 Å². The Morgan fingerprint density at radius 2 is 0.541 bits per heavy atom. The van der Waals surface area contributed by atoms with Gasteiger partial charge in [0.1, 0.15) is 107 Å². The standard InChI is InChI=1S/2C13H18N5O6P.2C12H16FN2O7P.2C12H17N2O7P.6Y/c2*1-5-13(3-22-25(2)21)8(19)7(23-5)11(24-13)18-4-15-6-9(18)16-12(14)17-10(6)20;2*1-5-12(4-20-23(2)19)8(16)7(21-5)10(22-12)15-3-6(13)9(17)14-11(15)18;2*1-6-12(5-19-22(2)18)9(16)8(20-6)10(21-12)14-4-3-7(15)13-11(14)17;;;;;;/h2*4-5,7-8,11,19,25H,3H2,1-2H3,(H3,14,16,17,20);2*3,5,7-8,10,16,23H,4H2,1-2H3,(H,14,17,18);2*3-4,6,8-10,16,22H,5H2,1-2H3,(H,13,15,17);;;;;;/t5-,7+,8-,11+,13-;5-,7-,8+,11-,13+;5-,7+,8-,10+,12-;5-,7-,8+,10-,12+;6-,8+,9-,10+,12-;6-,8-,9+,10-,12+;;;;;;/m010101....../s1. The first-order valence-corrected chi connectivity index (χ1v) is 53.8. The molecule has 0 aliphatic carbocycles. The maximum atomic E-state index is 13.5. The van der Waals surface area contributed by atoms with Gasteiger partial charge < -0.3 is 126 Å². The molecule has 12 aliphatic heterocycles. The Balaban J connectivity index is 0.000000193. The third-order valence-corrected chi connectivity index (χ3v) is 29.3. The van der Waals surface area contributed by atoms with Crippen LogP contribution < -0.4 is 67.6 Å². The van der Waals surface area contributed by atoms with E-state index in [1.54, 1.807) is 41.5 Å². The van der Waals surface area contributed by atoms with Gasteiger partial charge in [0.15, 0.2) is 108 Å². The van der Waals surface area contributed by atoms with E-state index < -0.39 is 297 Å². The molecule has 6 unspecified atom stereocenters. The summed E-state index contributed by atoms with van der Waals surface area (Å²) in [7, 11) is -13.4. The molecule has 16 N–H and O–H groups in total. The fourth-order valence-corrected chi connectivity index (χ4v) is 21.1. The number of rotatable bonds is 24. The van der Waals surface area contributed by atoms with Crippen molar-refractivity contribution in [1.82, 2.24) is 77.2 Å². The average Bonchev–Trinajstić information content (AvgIpc) is 1.15. The molecule has 6 radical (unpaired) electrons. The van der Waals surface area contributed by atoms with Gasteiger partial charge >= 0.3 is 22.8 Å². The number of nitrogens with two attached hydrogens (primary N) is 2. The number of aromatic amines is 6. The first-order chi connectivity index (χ1) is 65.9. The van der Waals surface area contributed by atoms with E-state index in [0.29, 0.717) is 12.4 Å². The summed E-state index contributed by atoms with van der Waals surface area (Å²) >= 11 is 0. The molecule has 72 heteroatoms. The van der Waals surface area contributed by atoms with Crippen LogP contribution in [0.2, 0.25) is 0 Å². The van der Waals surface area contributed by atoms with Crippen molar-refractivity contribution in [1.29, 1.82) is 0 Å². The van der Waals surface area contributed by atoms with E-state index in [4.69, 9.17) is 95.5 Å². The monoisotopic (exact) mass is 2640 g/mol. The summed E-state index contributed by atoms with van der Waals surface area (Å²) in [5, 5.41) is 63.0. The molecular formula is C74H102F2N18O40P6Y6. The minimum absolute atomic E-state index is 0. The third-order valence-electron chi connectivity index (χ3n) is 26.0. The number of halogens is 2. The van der Waals surface area contributed by atoms with Crippen molar-refractivity contribution in [2.75, 3.05) is 91.1 Å². The summed E-state index contributed by atoms with van der Waals surface area (Å²) in [6.07, 6.45) is -13.2. The number of nitrogens with zero attached hydrogens (tertiary/aromatic N) is 10. The number of H-pyrrole nitrogens is 6. The van der Waals surface area contributed by atoms with Crippen LogP contribution in [-0.2, 0) is 308 Å². The number of hydrogen-bond donors (Lipinski definition) is 14. The number of nitrogens with one attached hydrogen (secondary N) is 6. The van der Waals surface area contributed by atoms with Crippen molar-refractivity contribution < 1.29 is 347 Å². The van der Waals surface area contributed by atoms with Crippen LogP contribution in [0.4, 0.5) is 20.7 Å². The normalized spacial score (nSPS) is 35.4. The van der Waals surface area contributed by atoms with Gasteiger partial charge in [0, 0.05) is 261 Å². The molecule has 20 rings (SSSR count). The Bertz CT molecular complexity index is 6480. The van der Waals surface area contributed by atoms with Crippen molar-refractivity contribution in [3.05, 3.63) is 165 Å². The number of fused-ring (bicyclic) bond motifs is 14. The van der Waals surface area contributed by atoms with E-state index >= 15 is 0 Å². The Labute approximate surface area is 974 Å². The molecule has 36 atom stereocenters. The smallest absolute Gasteiger partial charge is 0.330 e. The summed E-state index contributed by atoms with van der Waals surface area (Å²) in [5.41, 5.74) is -2.87. The second-order valence-corrected chi connectivity index (χ2v) is 42.1. The van der Waals surface area contributed by atoms with E-state index in [9.17, 15) is 115 Å². The number of aliphatic hydroxyl groups excluding tert-OH is 6. The van der Waals surface area contributed by atoms with Crippen LogP contribution in [0.25, 0.3) is 22.3 Å². The predicted molar refractivity (Wildman–Crippen MR) is 475 cm³/mol. The van der Waals surface area contributed by atoms with Gasteiger partial charge in [-0.2, -0.15) is 18.7 Å². The minimum atomic E-state index is -2.27. The molecule has 0 aromatic carbocycles. The number of nitrogen functional groups attached to an aromatic ring is 2. The molecule has 790 valence electrons. The van der Waals surface area contributed by atoms with Gasteiger partial charge in [-0.05, 0) is 41.5 Å². The molecule has 12 aliphatic rings. The van der Waals surface area contributed by atoms with Crippen LogP contribution in [-0.4, -0.2) is 331 Å². The SMILES string of the molecule is C[C@@H]1O[C@H]2[C@H](n3cc(F)c(=O)[nH]c3=O)O[C@]1(CO[PH](C)=O)[C@H]2O.C[C@@H]1O[C@H]2[C@H](n3ccc(=O)[nH]c3=O)O[C@]1(CO[PH](C)=O)[C@H]2O.C[C@@H]1O[C@H]2[C@H](n3cnc4c(=O)[nH]c(N)nc43)O[C@]1(CO[PH](C)=O)[C@H]2O.C[C@H]1O[C@H]2[C@H](n3cc(F)c(=O)[nH]c3=O)O[C@]1(CO[PH](C)=O)[C@H]2O.C[C@H]1O[C@H]2[C@H](n3ccc(=O)[nH]c3=O)O[C@]1(CO[PH](C)=O)[C@H]2O.C[C@H]1O[C@H]2[C@H](n3cnc4c(=O)[nH]c(N)nc43)O[C@]1(CO[PH](C)=O)[C@H]2O.[Y].[Y].[Y].[Y].[Y].[Y]. The van der Waals surface area contributed by atoms with Crippen LogP contribution in [0, 0.1) is 11.6 Å². The van der Waals surface area contributed by atoms with E-state index in [0.717, 1.165) is 18.3 Å². The maximum Gasteiger partial charge on any atom is 0.330 e. The fourth-order valence-electron chi connectivity index (χ4n) is 18.6. The molecule has 0 amide bonds. The van der Waals surface area contributed by atoms with Gasteiger partial charge in [0.05, 0.1) is 101 Å². The Hall–Kier alpha value is -2.08. The topological polar surface area (TPSA) is 789 Å². The molecule has 20 heterocycles. The summed E-state index contributed by atoms with van der Waals surface area (Å²) in [6, 6.07) is 2.36. The van der Waals surface area contributed by atoms with Crippen LogP contribution in [0.3, 0.4) is 0 Å². The summed E-state index contributed by atoms with van der Waals surface area (Å²) in [6.45, 7) is 18.0. The summed E-state index contributed by atoms with van der Waals surface area (Å²) < 4.78 is 202. The Morgan fingerprint density at radius 1 is 0.336 bits per heavy atom. The Morgan fingerprint density at radius 3 is 0.753 bits per heavy atom. The van der Waals surface area contributed by atoms with Gasteiger partial charge in [0.25, 0.3) is 33.4 Å². The van der Waals surface area contributed by atoms with Gasteiger partial charge in [-0.15, -0.1) is 0 Å². The largest absolute Gasteiger partial charge is 0.387 e. The number of aliphatic hydroxyl groups is 6. The van der Waals surface area contributed by atoms with Crippen molar-refractivity contribution in [3.8, 4) is 0 Å². The number of imidazole rings is 2. The van der Waals surface area contributed by atoms with E-state index in [-0.39, 0.29) is 270 Å². The van der Waals surface area contributed by atoms with Crippen LogP contribution in [0.1, 0.15) is 78.9 Å². The fraction of sp³-hybridized carbons (Fsp3) is 0.649. The van der Waals surface area contributed by atoms with E-state index in [1.165, 1.54) is 86.3 Å². The van der Waals surface area contributed by atoms with E-state index in [2.05, 4.69) is 39.9 Å². The maximum absolute atomic E-state index is 13.5. The minimum Gasteiger partial charge on any atom is -0.387 e. The zero-order valence-corrected chi connectivity index (χ0v) is 102. The number of hydrogen-bond acceptors (Lipinski definition) is 46. The second-order valence-electron chi connectivity index (χ2n) is 34.5. The Kier molecular flexibility index (Phi) is 44.4. The van der Waals surface area contributed by atoms with Gasteiger partial charge in [0.2, 0.25) is 23.5 Å². The molecular weight excluding hydrogens is 2540 g/mol. The zero-order valence-electron chi connectivity index (χ0n) is 79.1. The summed E-state index contributed by atoms with van der Waals surface area (Å²) in [4.78, 5) is 145. The van der Waals surface area contributed by atoms with Crippen molar-refractivity contribution >= 4 is 82.4 Å². The van der Waals surface area contributed by atoms with Crippen molar-refractivity contribution in [2.45, 2.75) is 222 Å². The molecule has 8 aromatic rings. The predicted octanol–water partition coefficient (Wildman–Crippen LogP) is -4.97.